The topological polar surface area (TPSA) is 53.4 Å². The summed E-state index contributed by atoms with van der Waals surface area (Å²) in [5.74, 6) is -1.10. The smallest absolute Gasteiger partial charge is 0.416 e. The van der Waals surface area contributed by atoms with Crippen molar-refractivity contribution in [2.45, 2.75) is 25.4 Å². The van der Waals surface area contributed by atoms with Gasteiger partial charge in [0.05, 0.1) is 16.8 Å². The number of carboxylic acid groups (broad SMARTS) is 1. The highest BCUT2D eigenvalue weighted by atomic mass is 32.1. The van der Waals surface area contributed by atoms with E-state index in [0.29, 0.717) is 11.1 Å². The van der Waals surface area contributed by atoms with Crippen LogP contribution in [0, 0.1) is 0 Å². The number of hydrogen-bond acceptors (Lipinski definition) is 4. The molecule has 2 heterocycles. The molecule has 1 fully saturated rings. The fourth-order valence-electron chi connectivity index (χ4n) is 3.80. The van der Waals surface area contributed by atoms with Gasteiger partial charge in [-0.25, -0.2) is 9.78 Å². The lowest BCUT2D eigenvalue weighted by Crippen LogP contribution is -2.29. The molecule has 1 aliphatic heterocycles. The highest BCUT2D eigenvalue weighted by molar-refractivity contribution is 7.14. The highest BCUT2D eigenvalue weighted by Crippen LogP contribution is 2.31. The minimum absolute atomic E-state index is 0.0801. The van der Waals surface area contributed by atoms with Gasteiger partial charge in [0.2, 0.25) is 0 Å². The standard InChI is InChI=1S/C26H23F3N2O2S/c27-26(28,29)21-12-10-18(11-13-21)6-4-9-22(24(32)33)19-7-5-8-20(16-19)23-17-34-25(30-23)31-14-2-1-3-15-31/h4-13,16-17H,1-3,14-15H2,(H,32,33)/b6-4-,22-9+. The fraction of sp³-hybridized carbons (Fsp3) is 0.231. The molecular formula is C26H23F3N2O2S. The molecule has 0 amide bonds. The predicted octanol–water partition coefficient (Wildman–Crippen LogP) is 7.00. The summed E-state index contributed by atoms with van der Waals surface area (Å²) in [6.45, 7) is 2.01. The molecule has 0 saturated carbocycles. The van der Waals surface area contributed by atoms with Crippen molar-refractivity contribution in [3.05, 3.63) is 82.8 Å². The van der Waals surface area contributed by atoms with Crippen LogP contribution in [0.4, 0.5) is 18.3 Å². The van der Waals surface area contributed by atoms with Crippen LogP contribution in [0.1, 0.15) is 36.0 Å². The van der Waals surface area contributed by atoms with Gasteiger partial charge in [-0.15, -0.1) is 11.3 Å². The summed E-state index contributed by atoms with van der Waals surface area (Å²) in [6.07, 6.45) is 3.71. The van der Waals surface area contributed by atoms with E-state index in [1.165, 1.54) is 30.7 Å². The summed E-state index contributed by atoms with van der Waals surface area (Å²) < 4.78 is 38.1. The van der Waals surface area contributed by atoms with Gasteiger partial charge < -0.3 is 10.0 Å². The summed E-state index contributed by atoms with van der Waals surface area (Å²) in [6, 6.07) is 11.9. The van der Waals surface area contributed by atoms with Crippen LogP contribution in [0.2, 0.25) is 0 Å². The Labute approximate surface area is 199 Å². The first-order valence-corrected chi connectivity index (χ1v) is 11.8. The lowest BCUT2D eigenvalue weighted by atomic mass is 10.0. The van der Waals surface area contributed by atoms with E-state index in [1.54, 1.807) is 35.6 Å². The van der Waals surface area contributed by atoms with Crippen LogP contribution in [-0.4, -0.2) is 29.1 Å². The molecule has 0 aliphatic carbocycles. The zero-order chi connectivity index (χ0) is 24.1. The van der Waals surface area contributed by atoms with Crippen molar-refractivity contribution in [1.82, 2.24) is 4.98 Å². The molecule has 0 spiro atoms. The van der Waals surface area contributed by atoms with Crippen LogP contribution < -0.4 is 4.90 Å². The number of alkyl halides is 3. The van der Waals surface area contributed by atoms with Crippen LogP contribution in [-0.2, 0) is 11.0 Å². The Balaban J connectivity index is 1.54. The number of anilines is 1. The van der Waals surface area contributed by atoms with Gasteiger partial charge in [-0.3, -0.25) is 0 Å². The molecule has 0 atom stereocenters. The van der Waals surface area contributed by atoms with Crippen molar-refractivity contribution in [3.8, 4) is 11.3 Å². The quantitative estimate of drug-likeness (QED) is 0.302. The van der Waals surface area contributed by atoms with Crippen molar-refractivity contribution in [2.75, 3.05) is 18.0 Å². The van der Waals surface area contributed by atoms with E-state index in [1.807, 2.05) is 11.4 Å². The number of aliphatic carboxylic acids is 1. The summed E-state index contributed by atoms with van der Waals surface area (Å²) >= 11 is 1.59. The number of piperidine rings is 1. The zero-order valence-corrected chi connectivity index (χ0v) is 19.1. The maximum absolute atomic E-state index is 12.7. The van der Waals surface area contributed by atoms with E-state index in [9.17, 15) is 23.1 Å². The van der Waals surface area contributed by atoms with Gasteiger partial charge in [-0.2, -0.15) is 13.2 Å². The largest absolute Gasteiger partial charge is 0.478 e. The first-order valence-electron chi connectivity index (χ1n) is 10.9. The van der Waals surface area contributed by atoms with Gasteiger partial charge in [-0.05, 0) is 54.7 Å². The van der Waals surface area contributed by atoms with Gasteiger partial charge in [0.25, 0.3) is 0 Å². The third-order valence-electron chi connectivity index (χ3n) is 5.61. The average Bonchev–Trinajstić information content (AvgIpc) is 3.32. The first-order chi connectivity index (χ1) is 16.3. The normalized spacial score (nSPS) is 15.1. The number of carbonyl (C=O) groups is 1. The number of nitrogens with zero attached hydrogens (tertiary/aromatic N) is 2. The number of rotatable bonds is 6. The second kappa shape index (κ2) is 10.3. The Kier molecular flexibility index (Phi) is 7.17. The molecular weight excluding hydrogens is 461 g/mol. The number of aromatic nitrogens is 1. The number of allylic oxidation sites excluding steroid dienone is 2. The molecule has 4 rings (SSSR count). The summed E-state index contributed by atoms with van der Waals surface area (Å²) in [7, 11) is 0. The maximum atomic E-state index is 12.7. The van der Waals surface area contributed by atoms with Crippen LogP contribution in [0.25, 0.3) is 22.9 Å². The Hall–Kier alpha value is -3.39. The van der Waals surface area contributed by atoms with Gasteiger partial charge >= 0.3 is 12.1 Å². The Morgan fingerprint density at radius 1 is 1.06 bits per heavy atom. The van der Waals surface area contributed by atoms with Gasteiger partial charge in [0.15, 0.2) is 5.13 Å². The van der Waals surface area contributed by atoms with Gasteiger partial charge in [0, 0.05) is 24.0 Å². The van der Waals surface area contributed by atoms with Crippen molar-refractivity contribution < 1.29 is 23.1 Å². The van der Waals surface area contributed by atoms with Crippen molar-refractivity contribution in [2.24, 2.45) is 0 Å². The lowest BCUT2D eigenvalue weighted by molar-refractivity contribution is -0.137. The molecule has 1 aliphatic rings. The third-order valence-corrected chi connectivity index (χ3v) is 6.51. The molecule has 1 N–H and O–H groups in total. The first kappa shape index (κ1) is 23.8. The second-order valence-electron chi connectivity index (χ2n) is 8.01. The summed E-state index contributed by atoms with van der Waals surface area (Å²) in [5, 5.41) is 12.7. The summed E-state index contributed by atoms with van der Waals surface area (Å²) in [4.78, 5) is 19.0. The van der Waals surface area contributed by atoms with E-state index >= 15 is 0 Å². The van der Waals surface area contributed by atoms with E-state index in [2.05, 4.69) is 4.90 Å². The predicted molar refractivity (Wildman–Crippen MR) is 130 cm³/mol. The number of hydrogen-bond donors (Lipinski definition) is 1. The lowest BCUT2D eigenvalue weighted by Gasteiger charge is -2.25. The van der Waals surface area contributed by atoms with E-state index in [4.69, 9.17) is 4.98 Å². The molecule has 0 radical (unpaired) electrons. The van der Waals surface area contributed by atoms with E-state index in [0.717, 1.165) is 54.5 Å². The van der Waals surface area contributed by atoms with E-state index in [-0.39, 0.29) is 5.57 Å². The Morgan fingerprint density at radius 3 is 2.47 bits per heavy atom. The summed E-state index contributed by atoms with van der Waals surface area (Å²) in [5.41, 5.74) is 2.04. The fourth-order valence-corrected chi connectivity index (χ4v) is 4.69. The van der Waals surface area contributed by atoms with Gasteiger partial charge in [0.1, 0.15) is 0 Å². The average molecular weight is 485 g/mol. The highest BCUT2D eigenvalue weighted by Gasteiger charge is 2.29. The Bertz CT molecular complexity index is 1210. The molecule has 1 aromatic heterocycles. The van der Waals surface area contributed by atoms with Crippen molar-refractivity contribution in [1.29, 1.82) is 0 Å². The van der Waals surface area contributed by atoms with Crippen molar-refractivity contribution in [3.63, 3.8) is 0 Å². The molecule has 0 bridgehead atoms. The number of carboxylic acids is 1. The minimum atomic E-state index is -4.39. The van der Waals surface area contributed by atoms with Crippen LogP contribution in [0.15, 0.2) is 66.1 Å². The Morgan fingerprint density at radius 2 is 1.79 bits per heavy atom. The number of benzene rings is 2. The molecule has 0 unspecified atom stereocenters. The maximum Gasteiger partial charge on any atom is 0.416 e. The van der Waals surface area contributed by atoms with Crippen LogP contribution >= 0.6 is 11.3 Å². The molecule has 4 nitrogen and oxygen atoms in total. The molecule has 2 aromatic carbocycles. The molecule has 176 valence electrons. The zero-order valence-electron chi connectivity index (χ0n) is 18.3. The minimum Gasteiger partial charge on any atom is -0.478 e. The molecule has 34 heavy (non-hydrogen) atoms. The van der Waals surface area contributed by atoms with Crippen molar-refractivity contribution >= 4 is 34.1 Å². The number of halogens is 3. The van der Waals surface area contributed by atoms with Crippen LogP contribution in [0.5, 0.6) is 0 Å². The van der Waals surface area contributed by atoms with Gasteiger partial charge in [-0.1, -0.05) is 42.5 Å². The second-order valence-corrected chi connectivity index (χ2v) is 8.84. The van der Waals surface area contributed by atoms with E-state index < -0.39 is 17.7 Å². The molecule has 1 saturated heterocycles. The molecule has 8 heteroatoms. The van der Waals surface area contributed by atoms with Crippen LogP contribution in [0.3, 0.4) is 0 Å². The third kappa shape index (κ3) is 5.75. The number of thiazole rings is 1. The monoisotopic (exact) mass is 484 g/mol. The SMILES string of the molecule is O=C(O)/C(=C/C=C\c1ccc(C(F)(F)F)cc1)c1cccc(-c2csc(N3CCCCC3)n2)c1. The molecule has 3 aromatic rings.